The van der Waals surface area contributed by atoms with Crippen molar-refractivity contribution in [1.82, 2.24) is 0 Å². The van der Waals surface area contributed by atoms with Crippen molar-refractivity contribution in [2.45, 2.75) is 39.7 Å². The third-order valence-corrected chi connectivity index (χ3v) is 2.69. The summed E-state index contributed by atoms with van der Waals surface area (Å²) in [6.07, 6.45) is 1.84. The quantitative estimate of drug-likeness (QED) is 0.752. The second-order valence-electron chi connectivity index (χ2n) is 5.07. The highest BCUT2D eigenvalue weighted by Gasteiger charge is 1.95. The van der Waals surface area contributed by atoms with Crippen molar-refractivity contribution in [2.24, 2.45) is 5.73 Å². The topological polar surface area (TPSA) is 72.3 Å². The van der Waals surface area contributed by atoms with Crippen LogP contribution in [0, 0.1) is 0 Å². The number of hydrogen-bond donors (Lipinski definition) is 3. The van der Waals surface area contributed by atoms with E-state index in [2.05, 4.69) is 13.8 Å². The Balaban J connectivity index is 0.000000342. The molecule has 0 bridgehead atoms. The summed E-state index contributed by atoms with van der Waals surface area (Å²) >= 11 is 0. The zero-order valence-electron chi connectivity index (χ0n) is 14.0. The van der Waals surface area contributed by atoms with Crippen LogP contribution >= 0.6 is 0 Å². The molecule has 1 unspecified atom stereocenters. The highest BCUT2D eigenvalue weighted by atomic mass is 16.3. The van der Waals surface area contributed by atoms with E-state index in [1.165, 1.54) is 12.0 Å². The minimum absolute atomic E-state index is 0.341. The zero-order valence-corrected chi connectivity index (χ0v) is 14.0. The van der Waals surface area contributed by atoms with E-state index in [9.17, 15) is 0 Å². The van der Waals surface area contributed by atoms with E-state index in [1.807, 2.05) is 54.6 Å². The molecule has 1 atom stereocenters. The Morgan fingerprint density at radius 3 is 1.82 bits per heavy atom. The SMILES string of the molecule is CC(O)c1ccccc1.CCC.NCCc1ccc(N)cc1. The minimum Gasteiger partial charge on any atom is -0.399 e. The van der Waals surface area contributed by atoms with Gasteiger partial charge < -0.3 is 16.6 Å². The lowest BCUT2D eigenvalue weighted by molar-refractivity contribution is 0.199. The molecule has 3 nitrogen and oxygen atoms in total. The number of aliphatic hydroxyl groups excluding tert-OH is 1. The van der Waals surface area contributed by atoms with Crippen LogP contribution in [0.4, 0.5) is 5.69 Å². The molecule has 0 fully saturated rings. The third kappa shape index (κ3) is 9.97. The van der Waals surface area contributed by atoms with E-state index in [1.54, 1.807) is 6.92 Å². The second kappa shape index (κ2) is 12.9. The van der Waals surface area contributed by atoms with Gasteiger partial charge in [-0.3, -0.25) is 0 Å². The Morgan fingerprint density at radius 2 is 1.45 bits per heavy atom. The van der Waals surface area contributed by atoms with Crippen molar-refractivity contribution in [3.8, 4) is 0 Å². The molecule has 5 N–H and O–H groups in total. The molecule has 0 aliphatic carbocycles. The molecule has 3 heteroatoms. The highest BCUT2D eigenvalue weighted by Crippen LogP contribution is 2.09. The van der Waals surface area contributed by atoms with Gasteiger partial charge in [-0.15, -0.1) is 0 Å². The predicted octanol–water partition coefficient (Wildman–Crippen LogP) is 3.93. The van der Waals surface area contributed by atoms with Gasteiger partial charge in [-0.2, -0.15) is 0 Å². The van der Waals surface area contributed by atoms with Crippen molar-refractivity contribution in [3.05, 3.63) is 65.7 Å². The molecule has 0 heterocycles. The van der Waals surface area contributed by atoms with Crippen LogP contribution in [0.25, 0.3) is 0 Å². The zero-order chi connectivity index (χ0) is 16.8. The number of nitrogen functional groups attached to an aromatic ring is 1. The van der Waals surface area contributed by atoms with Gasteiger partial charge in [0.15, 0.2) is 0 Å². The van der Waals surface area contributed by atoms with E-state index >= 15 is 0 Å². The first-order valence-electron chi connectivity index (χ1n) is 7.82. The summed E-state index contributed by atoms with van der Waals surface area (Å²) < 4.78 is 0. The van der Waals surface area contributed by atoms with Gasteiger partial charge in [-0.05, 0) is 43.1 Å². The Labute approximate surface area is 135 Å². The van der Waals surface area contributed by atoms with Crippen LogP contribution in [0.15, 0.2) is 54.6 Å². The summed E-state index contributed by atoms with van der Waals surface area (Å²) in [5, 5.41) is 9.02. The summed E-state index contributed by atoms with van der Waals surface area (Å²) in [4.78, 5) is 0. The molecule has 0 radical (unpaired) electrons. The summed E-state index contributed by atoms with van der Waals surface area (Å²) in [6, 6.07) is 17.4. The monoisotopic (exact) mass is 302 g/mol. The van der Waals surface area contributed by atoms with Crippen molar-refractivity contribution in [1.29, 1.82) is 0 Å². The maximum Gasteiger partial charge on any atom is 0.0761 e. The largest absolute Gasteiger partial charge is 0.399 e. The van der Waals surface area contributed by atoms with Crippen molar-refractivity contribution in [3.63, 3.8) is 0 Å². The molecule has 0 saturated heterocycles. The molecule has 122 valence electrons. The molecule has 0 saturated carbocycles. The average molecular weight is 302 g/mol. The number of anilines is 1. The fourth-order valence-electron chi connectivity index (χ4n) is 1.58. The summed E-state index contributed by atoms with van der Waals surface area (Å²) in [5.41, 5.74) is 13.9. The van der Waals surface area contributed by atoms with Gasteiger partial charge in [0, 0.05) is 5.69 Å². The molecule has 0 aliphatic rings. The maximum atomic E-state index is 9.02. The van der Waals surface area contributed by atoms with Crippen molar-refractivity contribution < 1.29 is 5.11 Å². The van der Waals surface area contributed by atoms with E-state index in [0.717, 1.165) is 17.7 Å². The van der Waals surface area contributed by atoms with Gasteiger partial charge in [-0.25, -0.2) is 0 Å². The summed E-state index contributed by atoms with van der Waals surface area (Å²) in [5.74, 6) is 0. The molecule has 22 heavy (non-hydrogen) atoms. The normalized spacial score (nSPS) is 10.6. The molecule has 2 rings (SSSR count). The Hall–Kier alpha value is -1.84. The van der Waals surface area contributed by atoms with E-state index in [-0.39, 0.29) is 6.10 Å². The van der Waals surface area contributed by atoms with Crippen LogP contribution in [-0.2, 0) is 6.42 Å². The Bertz CT molecular complexity index is 467. The molecule has 0 spiro atoms. The summed E-state index contributed by atoms with van der Waals surface area (Å²) in [6.45, 7) is 6.71. The lowest BCUT2D eigenvalue weighted by Gasteiger charge is -2.00. The first-order valence-corrected chi connectivity index (χ1v) is 7.82. The molecule has 2 aromatic carbocycles. The minimum atomic E-state index is -0.341. The lowest BCUT2D eigenvalue weighted by atomic mass is 10.1. The standard InChI is InChI=1S/C8H12N2.C8H10O.C3H8/c9-6-5-7-1-3-8(10)4-2-7;1-7(9)8-5-3-2-4-6-8;1-3-2/h1-4H,5-6,9-10H2;2-7,9H,1H3;3H2,1-2H3. The average Bonchev–Trinajstić information content (AvgIpc) is 2.52. The molecule has 2 aromatic rings. The number of aliphatic hydroxyl groups is 1. The van der Waals surface area contributed by atoms with Gasteiger partial charge in [0.2, 0.25) is 0 Å². The van der Waals surface area contributed by atoms with Gasteiger partial charge in [-0.1, -0.05) is 62.7 Å². The van der Waals surface area contributed by atoms with Crippen LogP contribution in [-0.4, -0.2) is 11.7 Å². The van der Waals surface area contributed by atoms with Gasteiger partial charge in [0.05, 0.1) is 6.10 Å². The van der Waals surface area contributed by atoms with E-state index in [0.29, 0.717) is 6.54 Å². The number of benzene rings is 2. The van der Waals surface area contributed by atoms with Gasteiger partial charge in [0.25, 0.3) is 0 Å². The van der Waals surface area contributed by atoms with Crippen molar-refractivity contribution >= 4 is 5.69 Å². The summed E-state index contributed by atoms with van der Waals surface area (Å²) in [7, 11) is 0. The predicted molar refractivity (Wildman–Crippen MR) is 96.7 cm³/mol. The first kappa shape index (κ1) is 20.2. The Morgan fingerprint density at radius 1 is 0.955 bits per heavy atom. The second-order valence-corrected chi connectivity index (χ2v) is 5.07. The number of nitrogens with two attached hydrogens (primary N) is 2. The van der Waals surface area contributed by atoms with Crippen molar-refractivity contribution in [2.75, 3.05) is 12.3 Å². The van der Waals surface area contributed by atoms with E-state index < -0.39 is 0 Å². The molecule has 0 amide bonds. The lowest BCUT2D eigenvalue weighted by Crippen LogP contribution is -2.02. The number of hydrogen-bond acceptors (Lipinski definition) is 3. The molecule has 0 aromatic heterocycles. The fraction of sp³-hybridized carbons (Fsp3) is 0.368. The smallest absolute Gasteiger partial charge is 0.0761 e. The van der Waals surface area contributed by atoms with Crippen LogP contribution in [0.2, 0.25) is 0 Å². The van der Waals surface area contributed by atoms with Crippen LogP contribution in [0.3, 0.4) is 0 Å². The van der Waals surface area contributed by atoms with Crippen LogP contribution in [0.1, 0.15) is 44.4 Å². The molecule has 0 aliphatic heterocycles. The Kier molecular flexibility index (Phi) is 11.8. The van der Waals surface area contributed by atoms with Gasteiger partial charge in [0.1, 0.15) is 0 Å². The van der Waals surface area contributed by atoms with E-state index in [4.69, 9.17) is 16.6 Å². The first-order chi connectivity index (χ1) is 10.5. The maximum absolute atomic E-state index is 9.02. The number of rotatable bonds is 3. The fourth-order valence-corrected chi connectivity index (χ4v) is 1.58. The highest BCUT2D eigenvalue weighted by molar-refractivity contribution is 5.39. The van der Waals surface area contributed by atoms with Crippen LogP contribution in [0.5, 0.6) is 0 Å². The molecular weight excluding hydrogens is 272 g/mol. The molecular formula is C19H30N2O. The third-order valence-electron chi connectivity index (χ3n) is 2.69. The van der Waals surface area contributed by atoms with Gasteiger partial charge >= 0.3 is 0 Å². The van der Waals surface area contributed by atoms with Crippen LogP contribution < -0.4 is 11.5 Å².